The van der Waals surface area contributed by atoms with Gasteiger partial charge in [0.05, 0.1) is 12.2 Å². The smallest absolute Gasteiger partial charge is 0.392 e. The topological polar surface area (TPSA) is 59.1 Å². The number of halogens is 5. The number of aliphatic hydroxyl groups is 1. The molecule has 23 heavy (non-hydrogen) atoms. The molecule has 0 spiro atoms. The van der Waals surface area contributed by atoms with E-state index in [2.05, 4.69) is 20.9 Å². The molecule has 0 saturated heterocycles. The molecule has 0 fully saturated rings. The second-order valence-electron chi connectivity index (χ2n) is 4.37. The van der Waals surface area contributed by atoms with Crippen molar-refractivity contribution < 1.29 is 18.3 Å². The summed E-state index contributed by atoms with van der Waals surface area (Å²) in [5.74, 6) is 0. The molecule has 1 aromatic carbocycles. The number of alkyl halides is 3. The lowest BCUT2D eigenvalue weighted by atomic mass is 10.1. The van der Waals surface area contributed by atoms with Crippen LogP contribution in [-0.4, -0.2) is 10.1 Å². The number of hydrogen-bond donors (Lipinski definition) is 2. The van der Waals surface area contributed by atoms with Gasteiger partial charge in [0.25, 0.3) is 0 Å². The average Bonchev–Trinajstić information content (AvgIpc) is 2.48. The van der Waals surface area contributed by atoms with E-state index in [-0.39, 0.29) is 30.5 Å². The van der Waals surface area contributed by atoms with Crippen molar-refractivity contribution in [1.29, 1.82) is 0 Å². The summed E-state index contributed by atoms with van der Waals surface area (Å²) in [6.45, 7) is -0.335. The van der Waals surface area contributed by atoms with Crippen LogP contribution in [0.25, 0.3) is 0 Å². The molecule has 0 atom stereocenters. The Balaban J connectivity index is 0.00000264. The van der Waals surface area contributed by atoms with E-state index < -0.39 is 11.7 Å². The Morgan fingerprint density at radius 2 is 1.96 bits per heavy atom. The summed E-state index contributed by atoms with van der Waals surface area (Å²) < 4.78 is 40.2. The normalized spacial score (nSPS) is 11.2. The second-order valence-corrected chi connectivity index (χ2v) is 6.29. The van der Waals surface area contributed by atoms with Crippen LogP contribution in [0.4, 0.5) is 13.2 Å². The molecule has 0 amide bonds. The van der Waals surface area contributed by atoms with Crippen molar-refractivity contribution in [3.63, 3.8) is 0 Å². The minimum absolute atomic E-state index is 0. The van der Waals surface area contributed by atoms with Crippen LogP contribution in [0.3, 0.4) is 0 Å². The first kappa shape index (κ1) is 20.2. The van der Waals surface area contributed by atoms with Crippen LogP contribution >= 0.6 is 40.1 Å². The van der Waals surface area contributed by atoms with Gasteiger partial charge in [-0.2, -0.15) is 13.2 Å². The maximum Gasteiger partial charge on any atom is 0.417 e. The Morgan fingerprint density at radius 3 is 2.52 bits per heavy atom. The van der Waals surface area contributed by atoms with Gasteiger partial charge >= 0.3 is 6.18 Å². The summed E-state index contributed by atoms with van der Waals surface area (Å²) in [5.41, 5.74) is 5.64. The van der Waals surface area contributed by atoms with Crippen LogP contribution in [-0.2, 0) is 19.3 Å². The predicted octanol–water partition coefficient (Wildman–Crippen LogP) is 4.39. The van der Waals surface area contributed by atoms with E-state index in [4.69, 9.17) is 5.73 Å². The van der Waals surface area contributed by atoms with Crippen molar-refractivity contribution in [2.45, 2.75) is 29.2 Å². The molecule has 0 unspecified atom stereocenters. The van der Waals surface area contributed by atoms with Crippen LogP contribution in [0.5, 0.6) is 0 Å². The Morgan fingerprint density at radius 1 is 1.26 bits per heavy atom. The first-order chi connectivity index (χ1) is 10.4. The third kappa shape index (κ3) is 4.84. The van der Waals surface area contributed by atoms with Gasteiger partial charge in [0, 0.05) is 27.7 Å². The van der Waals surface area contributed by atoms with Gasteiger partial charge in [-0.15, -0.1) is 12.4 Å². The SMILES string of the molecule is Cl.NCc1cc(Br)cc(C(F)(F)F)c1Sc1ncccc1CO. The molecule has 0 radical (unpaired) electrons. The highest BCUT2D eigenvalue weighted by molar-refractivity contribution is 9.10. The maximum atomic E-state index is 13.3. The fraction of sp³-hybridized carbons (Fsp3) is 0.214. The van der Waals surface area contributed by atoms with Crippen molar-refractivity contribution in [3.05, 3.63) is 51.6 Å². The third-order valence-corrected chi connectivity index (χ3v) is 4.58. The Labute approximate surface area is 150 Å². The molecule has 3 nitrogen and oxygen atoms in total. The second kappa shape index (κ2) is 8.34. The summed E-state index contributed by atoms with van der Waals surface area (Å²) in [7, 11) is 0. The largest absolute Gasteiger partial charge is 0.417 e. The molecule has 1 aromatic heterocycles. The van der Waals surface area contributed by atoms with Gasteiger partial charge in [-0.25, -0.2) is 4.98 Å². The van der Waals surface area contributed by atoms with E-state index in [1.165, 1.54) is 6.20 Å². The molecule has 2 aromatic rings. The minimum atomic E-state index is -4.51. The first-order valence-corrected chi connectivity index (χ1v) is 7.80. The highest BCUT2D eigenvalue weighted by atomic mass is 79.9. The quantitative estimate of drug-likeness (QED) is 0.757. The summed E-state index contributed by atoms with van der Waals surface area (Å²) in [5, 5.41) is 9.61. The van der Waals surface area contributed by atoms with Gasteiger partial charge in [0.15, 0.2) is 0 Å². The first-order valence-electron chi connectivity index (χ1n) is 6.19. The molecule has 3 N–H and O–H groups in total. The Bertz CT molecular complexity index is 686. The van der Waals surface area contributed by atoms with Crippen LogP contribution < -0.4 is 5.73 Å². The summed E-state index contributed by atoms with van der Waals surface area (Å²) >= 11 is 3.93. The fourth-order valence-electron chi connectivity index (χ4n) is 1.87. The number of nitrogens with two attached hydrogens (primary N) is 1. The highest BCUT2D eigenvalue weighted by Crippen LogP contribution is 2.43. The molecule has 0 aliphatic carbocycles. The lowest BCUT2D eigenvalue weighted by Crippen LogP contribution is -2.11. The summed E-state index contributed by atoms with van der Waals surface area (Å²) in [6, 6.07) is 5.80. The number of nitrogens with zero attached hydrogens (tertiary/aromatic N) is 1. The van der Waals surface area contributed by atoms with E-state index in [1.807, 2.05) is 0 Å². The van der Waals surface area contributed by atoms with E-state index in [0.29, 0.717) is 20.6 Å². The number of benzene rings is 1. The summed E-state index contributed by atoms with van der Waals surface area (Å²) in [6.07, 6.45) is -3.04. The van der Waals surface area contributed by atoms with Gasteiger partial charge < -0.3 is 10.8 Å². The number of hydrogen-bond acceptors (Lipinski definition) is 4. The maximum absolute atomic E-state index is 13.3. The van der Waals surface area contributed by atoms with Crippen LogP contribution in [0.15, 0.2) is 44.9 Å². The van der Waals surface area contributed by atoms with Gasteiger partial charge in [-0.05, 0) is 23.8 Å². The van der Waals surface area contributed by atoms with Crippen molar-refractivity contribution in [2.75, 3.05) is 0 Å². The molecule has 9 heteroatoms. The molecule has 2 rings (SSSR count). The number of aliphatic hydroxyl groups excluding tert-OH is 1. The van der Waals surface area contributed by atoms with Gasteiger partial charge in [0.2, 0.25) is 0 Å². The predicted molar refractivity (Wildman–Crippen MR) is 88.6 cm³/mol. The van der Waals surface area contributed by atoms with Gasteiger partial charge in [-0.1, -0.05) is 33.8 Å². The molecule has 0 bridgehead atoms. The zero-order valence-corrected chi connectivity index (χ0v) is 14.8. The average molecular weight is 430 g/mol. The highest BCUT2D eigenvalue weighted by Gasteiger charge is 2.35. The number of aromatic nitrogens is 1. The number of rotatable bonds is 4. The summed E-state index contributed by atoms with van der Waals surface area (Å²) in [4.78, 5) is 4.06. The zero-order valence-electron chi connectivity index (χ0n) is 11.6. The van der Waals surface area contributed by atoms with Crippen molar-refractivity contribution in [3.8, 4) is 0 Å². The zero-order chi connectivity index (χ0) is 16.3. The minimum Gasteiger partial charge on any atom is -0.392 e. The van der Waals surface area contributed by atoms with E-state index in [9.17, 15) is 18.3 Å². The lowest BCUT2D eigenvalue weighted by molar-refractivity contribution is -0.139. The lowest BCUT2D eigenvalue weighted by Gasteiger charge is -2.17. The number of pyridine rings is 1. The van der Waals surface area contributed by atoms with Crippen LogP contribution in [0.2, 0.25) is 0 Å². The third-order valence-electron chi connectivity index (χ3n) is 2.87. The van der Waals surface area contributed by atoms with E-state index >= 15 is 0 Å². The van der Waals surface area contributed by atoms with Gasteiger partial charge in [-0.3, -0.25) is 0 Å². The molecule has 0 aliphatic heterocycles. The van der Waals surface area contributed by atoms with E-state index in [1.54, 1.807) is 18.2 Å². The van der Waals surface area contributed by atoms with Crippen LogP contribution in [0, 0.1) is 0 Å². The van der Waals surface area contributed by atoms with Crippen molar-refractivity contribution in [1.82, 2.24) is 4.98 Å². The molecular weight excluding hydrogens is 417 g/mol. The van der Waals surface area contributed by atoms with Crippen molar-refractivity contribution in [2.24, 2.45) is 5.73 Å². The van der Waals surface area contributed by atoms with Crippen molar-refractivity contribution >= 4 is 40.1 Å². The molecule has 0 saturated carbocycles. The fourth-order valence-corrected chi connectivity index (χ4v) is 3.50. The molecule has 0 aliphatic rings. The van der Waals surface area contributed by atoms with Crippen LogP contribution in [0.1, 0.15) is 16.7 Å². The molecule has 126 valence electrons. The molecule has 1 heterocycles. The standard InChI is InChI=1S/C14H12BrF3N2OS.ClH/c15-10-4-9(6-19)12(11(5-10)14(16,17)18)22-13-8(7-21)2-1-3-20-13;/h1-5,21H,6-7,19H2;1H. The Hall–Kier alpha value is -0.800. The Kier molecular flexibility index (Phi) is 7.34. The molecular formula is C14H13BrClF3N2OS. The van der Waals surface area contributed by atoms with E-state index in [0.717, 1.165) is 17.8 Å². The monoisotopic (exact) mass is 428 g/mol. The van der Waals surface area contributed by atoms with Gasteiger partial charge in [0.1, 0.15) is 5.03 Å².